The van der Waals surface area contributed by atoms with Crippen molar-refractivity contribution < 1.29 is 4.39 Å². The first-order chi connectivity index (χ1) is 11.8. The fraction of sp³-hybridized carbons (Fsp3) is 0.0556. The Kier molecular flexibility index (Phi) is 3.74. The maximum atomic E-state index is 13.3. The van der Waals surface area contributed by atoms with Crippen molar-refractivity contribution in [3.05, 3.63) is 66.7 Å². The van der Waals surface area contributed by atoms with Crippen molar-refractivity contribution in [3.8, 4) is 22.6 Å². The van der Waals surface area contributed by atoms with E-state index < -0.39 is 0 Å². The Morgan fingerprint density at radius 2 is 1.83 bits per heavy atom. The van der Waals surface area contributed by atoms with Gasteiger partial charge in [-0.15, -0.1) is 0 Å². The fourth-order valence-electron chi connectivity index (χ4n) is 2.62. The van der Waals surface area contributed by atoms with Gasteiger partial charge in [-0.25, -0.2) is 19.3 Å². The molecule has 3 heterocycles. The molecule has 4 aromatic rings. The molecule has 0 atom stereocenters. The Balaban J connectivity index is 2.01. The smallest absolute Gasteiger partial charge is 0.187 e. The molecule has 0 bridgehead atoms. The summed E-state index contributed by atoms with van der Waals surface area (Å²) in [5.41, 5.74) is 4.09. The molecule has 0 radical (unpaired) electrons. The molecule has 0 saturated carbocycles. The highest BCUT2D eigenvalue weighted by Gasteiger charge is 2.17. The van der Waals surface area contributed by atoms with Crippen molar-refractivity contribution in [2.75, 3.05) is 6.26 Å². The highest BCUT2D eigenvalue weighted by atomic mass is 32.2. The first-order valence-electron chi connectivity index (χ1n) is 7.37. The average molecular weight is 336 g/mol. The number of hydrogen-bond donors (Lipinski definition) is 0. The molecule has 24 heavy (non-hydrogen) atoms. The van der Waals surface area contributed by atoms with Gasteiger partial charge < -0.3 is 0 Å². The predicted octanol–water partition coefficient (Wildman–Crippen LogP) is 4.32. The largest absolute Gasteiger partial charge is 0.298 e. The number of fused-ring (bicyclic) bond motifs is 1. The average Bonchev–Trinajstić information content (AvgIpc) is 3.02. The van der Waals surface area contributed by atoms with Gasteiger partial charge in [-0.05, 0) is 48.7 Å². The third-order valence-corrected chi connectivity index (χ3v) is 4.27. The summed E-state index contributed by atoms with van der Waals surface area (Å²) in [5.74, 6) is -0.268. The van der Waals surface area contributed by atoms with E-state index in [0.717, 1.165) is 28.3 Å². The summed E-state index contributed by atoms with van der Waals surface area (Å²) in [4.78, 5) is 13.6. The second-order valence-corrected chi connectivity index (χ2v) is 5.95. The van der Waals surface area contributed by atoms with Crippen LogP contribution in [0.3, 0.4) is 0 Å². The maximum absolute atomic E-state index is 13.3. The van der Waals surface area contributed by atoms with E-state index in [1.54, 1.807) is 18.3 Å². The zero-order chi connectivity index (χ0) is 16.5. The number of pyridine rings is 1. The monoisotopic (exact) mass is 336 g/mol. The minimum atomic E-state index is -0.268. The number of benzene rings is 1. The summed E-state index contributed by atoms with van der Waals surface area (Å²) in [6, 6.07) is 14.0. The molecular weight excluding hydrogens is 323 g/mol. The Morgan fingerprint density at radius 3 is 2.62 bits per heavy atom. The van der Waals surface area contributed by atoms with E-state index in [4.69, 9.17) is 4.98 Å². The van der Waals surface area contributed by atoms with Gasteiger partial charge in [-0.1, -0.05) is 17.8 Å². The van der Waals surface area contributed by atoms with Crippen LogP contribution in [0, 0.1) is 5.82 Å². The summed E-state index contributed by atoms with van der Waals surface area (Å²) < 4.78 is 15.3. The van der Waals surface area contributed by atoms with Crippen LogP contribution in [0.5, 0.6) is 0 Å². The second-order valence-electron chi connectivity index (χ2n) is 5.17. The lowest BCUT2D eigenvalue weighted by atomic mass is 10.1. The van der Waals surface area contributed by atoms with Crippen LogP contribution >= 0.6 is 11.8 Å². The Hall–Kier alpha value is -2.73. The van der Waals surface area contributed by atoms with Crippen LogP contribution in [0.2, 0.25) is 0 Å². The van der Waals surface area contributed by atoms with E-state index in [1.807, 2.05) is 41.1 Å². The lowest BCUT2D eigenvalue weighted by Crippen LogP contribution is -1.94. The number of aromatic nitrogens is 4. The van der Waals surface area contributed by atoms with Crippen LogP contribution < -0.4 is 0 Å². The van der Waals surface area contributed by atoms with Crippen LogP contribution in [0.4, 0.5) is 4.39 Å². The molecule has 0 fully saturated rings. The summed E-state index contributed by atoms with van der Waals surface area (Å²) in [5, 5.41) is 0.698. The standard InChI is InChI=1S/C18H13FN4S/c1-24-18-20-10-9-14(21-18)17-16(12-5-7-13(19)8-6-12)22-15-4-2-3-11-23(15)17/h2-11H,1H3. The number of imidazole rings is 1. The number of halogens is 1. The molecule has 4 nitrogen and oxygen atoms in total. The summed E-state index contributed by atoms with van der Waals surface area (Å²) in [7, 11) is 0. The predicted molar refractivity (Wildman–Crippen MR) is 93.4 cm³/mol. The summed E-state index contributed by atoms with van der Waals surface area (Å²) in [6.07, 6.45) is 5.63. The van der Waals surface area contributed by atoms with Crippen molar-refractivity contribution in [2.24, 2.45) is 0 Å². The van der Waals surface area contributed by atoms with E-state index in [0.29, 0.717) is 5.16 Å². The molecule has 4 rings (SSSR count). The van der Waals surface area contributed by atoms with Gasteiger partial charge >= 0.3 is 0 Å². The van der Waals surface area contributed by atoms with E-state index in [-0.39, 0.29) is 5.82 Å². The quantitative estimate of drug-likeness (QED) is 0.413. The fourth-order valence-corrected chi connectivity index (χ4v) is 2.98. The third kappa shape index (κ3) is 2.55. The molecular formula is C18H13FN4S. The van der Waals surface area contributed by atoms with Crippen molar-refractivity contribution in [2.45, 2.75) is 5.16 Å². The normalized spacial score (nSPS) is 11.1. The zero-order valence-electron chi connectivity index (χ0n) is 12.8. The zero-order valence-corrected chi connectivity index (χ0v) is 13.7. The van der Waals surface area contributed by atoms with Crippen molar-refractivity contribution in [1.29, 1.82) is 0 Å². The van der Waals surface area contributed by atoms with Crippen LogP contribution in [0.1, 0.15) is 0 Å². The number of nitrogens with zero attached hydrogens (tertiary/aromatic N) is 4. The lowest BCUT2D eigenvalue weighted by Gasteiger charge is -2.06. The number of hydrogen-bond acceptors (Lipinski definition) is 4. The molecule has 118 valence electrons. The third-order valence-electron chi connectivity index (χ3n) is 3.71. The Bertz CT molecular complexity index is 1010. The highest BCUT2D eigenvalue weighted by Crippen LogP contribution is 2.32. The number of thioether (sulfide) groups is 1. The molecule has 0 aliphatic heterocycles. The van der Waals surface area contributed by atoms with E-state index in [9.17, 15) is 4.39 Å². The topological polar surface area (TPSA) is 43.1 Å². The van der Waals surface area contributed by atoms with Crippen LogP contribution in [-0.2, 0) is 0 Å². The molecule has 0 aliphatic rings. The van der Waals surface area contributed by atoms with E-state index >= 15 is 0 Å². The minimum Gasteiger partial charge on any atom is -0.298 e. The van der Waals surface area contributed by atoms with Gasteiger partial charge in [0, 0.05) is 18.0 Å². The highest BCUT2D eigenvalue weighted by molar-refractivity contribution is 7.98. The molecule has 0 aliphatic carbocycles. The molecule has 0 spiro atoms. The first kappa shape index (κ1) is 14.8. The van der Waals surface area contributed by atoms with Crippen molar-refractivity contribution in [3.63, 3.8) is 0 Å². The van der Waals surface area contributed by atoms with Gasteiger partial charge in [0.05, 0.1) is 17.1 Å². The van der Waals surface area contributed by atoms with Gasteiger partial charge in [0.1, 0.15) is 11.5 Å². The van der Waals surface area contributed by atoms with E-state index in [1.165, 1.54) is 23.9 Å². The molecule has 3 aromatic heterocycles. The molecule has 1 aromatic carbocycles. The van der Waals surface area contributed by atoms with E-state index in [2.05, 4.69) is 9.97 Å². The van der Waals surface area contributed by atoms with Crippen molar-refractivity contribution in [1.82, 2.24) is 19.4 Å². The molecule has 6 heteroatoms. The minimum absolute atomic E-state index is 0.268. The number of rotatable bonds is 3. The van der Waals surface area contributed by atoms with Gasteiger partial charge in [0.25, 0.3) is 0 Å². The van der Waals surface area contributed by atoms with Crippen LogP contribution in [-0.4, -0.2) is 25.6 Å². The van der Waals surface area contributed by atoms with Crippen LogP contribution in [0.25, 0.3) is 28.3 Å². The van der Waals surface area contributed by atoms with Gasteiger partial charge in [-0.2, -0.15) is 0 Å². The van der Waals surface area contributed by atoms with Gasteiger partial charge in [-0.3, -0.25) is 4.40 Å². The molecule has 0 amide bonds. The van der Waals surface area contributed by atoms with Crippen molar-refractivity contribution >= 4 is 17.4 Å². The molecule has 0 saturated heterocycles. The SMILES string of the molecule is CSc1nccc(-c2c(-c3ccc(F)cc3)nc3ccccn23)n1. The molecule has 0 N–H and O–H groups in total. The van der Waals surface area contributed by atoms with Crippen LogP contribution in [0.15, 0.2) is 66.1 Å². The Morgan fingerprint density at radius 1 is 1.00 bits per heavy atom. The second kappa shape index (κ2) is 6.05. The first-order valence-corrected chi connectivity index (χ1v) is 8.59. The summed E-state index contributed by atoms with van der Waals surface area (Å²) in [6.45, 7) is 0. The lowest BCUT2D eigenvalue weighted by molar-refractivity contribution is 0.628. The maximum Gasteiger partial charge on any atom is 0.187 e. The summed E-state index contributed by atoms with van der Waals surface area (Å²) >= 11 is 1.49. The van der Waals surface area contributed by atoms with Gasteiger partial charge in [0.15, 0.2) is 5.16 Å². The Labute approximate surface area is 142 Å². The van der Waals surface area contributed by atoms with Gasteiger partial charge in [0.2, 0.25) is 0 Å². The molecule has 0 unspecified atom stereocenters.